The minimum Gasteiger partial charge on any atom is -0.412 e. The second-order valence-corrected chi connectivity index (χ2v) is 5.81. The minimum atomic E-state index is -3.75. The molecule has 1 heterocycles. The number of ether oxygens (including phenoxy) is 2. The van der Waals surface area contributed by atoms with Gasteiger partial charge in [-0.05, 0) is 18.1 Å². The summed E-state index contributed by atoms with van der Waals surface area (Å²) in [5.41, 5.74) is 1.54. The molecule has 1 aliphatic carbocycles. The summed E-state index contributed by atoms with van der Waals surface area (Å²) >= 11 is 0. The third-order valence-corrected chi connectivity index (χ3v) is 4.23. The van der Waals surface area contributed by atoms with Gasteiger partial charge in [0.25, 0.3) is 0 Å². The molecule has 0 atom stereocenters. The molecular formula is C11H15NO5S. The molecule has 1 fully saturated rings. The first-order valence-corrected chi connectivity index (χ1v) is 7.01. The molecule has 0 amide bonds. The van der Waals surface area contributed by atoms with Gasteiger partial charge >= 0.3 is 0 Å². The average molecular weight is 273 g/mol. The highest BCUT2D eigenvalue weighted by Crippen LogP contribution is 2.45. The molecule has 1 aliphatic heterocycles. The Labute approximate surface area is 105 Å². The highest BCUT2D eigenvalue weighted by atomic mass is 32.2. The molecule has 6 nitrogen and oxygen atoms in total. The number of sulfonamides is 1. The lowest BCUT2D eigenvalue weighted by molar-refractivity contribution is -0.164. The Balaban J connectivity index is 0.00000120. The predicted octanol–water partition coefficient (Wildman–Crippen LogP) is -0.345. The van der Waals surface area contributed by atoms with E-state index in [1.165, 1.54) is 6.07 Å². The zero-order chi connectivity index (χ0) is 12.1. The van der Waals surface area contributed by atoms with Gasteiger partial charge in [0.05, 0.1) is 18.1 Å². The number of aryl methyl sites for hydroxylation is 1. The second kappa shape index (κ2) is 4.29. The van der Waals surface area contributed by atoms with Crippen molar-refractivity contribution in [3.8, 4) is 0 Å². The molecule has 0 unspecified atom stereocenters. The molecule has 0 saturated carbocycles. The van der Waals surface area contributed by atoms with Gasteiger partial charge in [0, 0.05) is 12.0 Å². The van der Waals surface area contributed by atoms with Gasteiger partial charge in [0.2, 0.25) is 10.0 Å². The number of fused-ring (bicyclic) bond motifs is 2. The molecule has 1 aromatic carbocycles. The SMILES string of the molecule is NS(=O)(=O)c1cccc2c1C1(CC2)OCCO1.O. The minimum absolute atomic E-state index is 0. The number of hydrogen-bond acceptors (Lipinski definition) is 4. The van der Waals surface area contributed by atoms with Crippen LogP contribution in [0.4, 0.5) is 0 Å². The second-order valence-electron chi connectivity index (χ2n) is 4.29. The van der Waals surface area contributed by atoms with Crippen LogP contribution in [0.25, 0.3) is 0 Å². The lowest BCUT2D eigenvalue weighted by atomic mass is 10.1. The number of hydrogen-bond donors (Lipinski definition) is 1. The first-order chi connectivity index (χ1) is 8.03. The number of nitrogens with two attached hydrogens (primary N) is 1. The fourth-order valence-corrected chi connectivity index (χ4v) is 3.46. The maximum Gasteiger partial charge on any atom is 0.238 e. The lowest BCUT2D eigenvalue weighted by Crippen LogP contribution is -2.27. The molecule has 1 saturated heterocycles. The summed E-state index contributed by atoms with van der Waals surface area (Å²) in [5, 5.41) is 5.24. The molecule has 3 rings (SSSR count). The largest absolute Gasteiger partial charge is 0.412 e. The van der Waals surface area contributed by atoms with Crippen molar-refractivity contribution in [2.45, 2.75) is 23.5 Å². The van der Waals surface area contributed by atoms with Crippen LogP contribution in [0.1, 0.15) is 17.5 Å². The Morgan fingerprint density at radius 3 is 2.50 bits per heavy atom. The fourth-order valence-electron chi connectivity index (χ4n) is 2.62. The van der Waals surface area contributed by atoms with E-state index in [1.54, 1.807) is 6.07 Å². The van der Waals surface area contributed by atoms with E-state index >= 15 is 0 Å². The molecule has 100 valence electrons. The Morgan fingerprint density at radius 1 is 1.22 bits per heavy atom. The summed E-state index contributed by atoms with van der Waals surface area (Å²) in [6, 6.07) is 5.10. The quantitative estimate of drug-likeness (QED) is 0.754. The maximum absolute atomic E-state index is 11.6. The van der Waals surface area contributed by atoms with Gasteiger partial charge in [-0.1, -0.05) is 12.1 Å². The van der Waals surface area contributed by atoms with Crippen LogP contribution in [0.3, 0.4) is 0 Å². The van der Waals surface area contributed by atoms with Crippen molar-refractivity contribution in [1.82, 2.24) is 0 Å². The third kappa shape index (κ3) is 1.84. The third-order valence-electron chi connectivity index (χ3n) is 3.28. The summed E-state index contributed by atoms with van der Waals surface area (Å²) in [6.07, 6.45) is 1.40. The van der Waals surface area contributed by atoms with Crippen molar-refractivity contribution in [2.75, 3.05) is 13.2 Å². The number of rotatable bonds is 1. The van der Waals surface area contributed by atoms with E-state index in [2.05, 4.69) is 0 Å². The van der Waals surface area contributed by atoms with Gasteiger partial charge in [-0.25, -0.2) is 13.6 Å². The molecule has 7 heteroatoms. The van der Waals surface area contributed by atoms with Crippen LogP contribution in [-0.4, -0.2) is 27.1 Å². The summed E-state index contributed by atoms with van der Waals surface area (Å²) in [4.78, 5) is 0.120. The standard InChI is InChI=1S/C11H13NO4S.H2O/c12-17(13,14)9-3-1-2-8-4-5-11(10(8)9)15-6-7-16-11;/h1-3H,4-7H2,(H2,12,13,14);1H2. The van der Waals surface area contributed by atoms with Crippen molar-refractivity contribution in [3.63, 3.8) is 0 Å². The van der Waals surface area contributed by atoms with Gasteiger partial charge in [0.1, 0.15) is 0 Å². The molecular weight excluding hydrogens is 258 g/mol. The van der Waals surface area contributed by atoms with Gasteiger partial charge in [-0.3, -0.25) is 0 Å². The molecule has 1 spiro atoms. The fraction of sp³-hybridized carbons (Fsp3) is 0.455. The van der Waals surface area contributed by atoms with Crippen LogP contribution in [0.2, 0.25) is 0 Å². The van der Waals surface area contributed by atoms with Crippen molar-refractivity contribution in [1.29, 1.82) is 0 Å². The number of benzene rings is 1. The first-order valence-electron chi connectivity index (χ1n) is 5.46. The smallest absolute Gasteiger partial charge is 0.238 e. The van der Waals surface area contributed by atoms with Crippen LogP contribution in [0.15, 0.2) is 23.1 Å². The van der Waals surface area contributed by atoms with Gasteiger partial charge in [0.15, 0.2) is 5.79 Å². The summed E-state index contributed by atoms with van der Waals surface area (Å²) in [7, 11) is -3.75. The van der Waals surface area contributed by atoms with Gasteiger partial charge in [-0.15, -0.1) is 0 Å². The molecule has 0 bridgehead atoms. The first kappa shape index (κ1) is 13.4. The van der Waals surface area contributed by atoms with Crippen molar-refractivity contribution < 1.29 is 23.4 Å². The Kier molecular flexibility index (Phi) is 3.20. The normalized spacial score (nSPS) is 20.7. The van der Waals surface area contributed by atoms with E-state index in [4.69, 9.17) is 14.6 Å². The van der Waals surface area contributed by atoms with Crippen LogP contribution in [-0.2, 0) is 31.7 Å². The topological polar surface area (TPSA) is 110 Å². The Morgan fingerprint density at radius 2 is 1.89 bits per heavy atom. The van der Waals surface area contributed by atoms with Gasteiger partial charge in [-0.2, -0.15) is 0 Å². The van der Waals surface area contributed by atoms with Crippen LogP contribution in [0, 0.1) is 0 Å². The van der Waals surface area contributed by atoms with Crippen molar-refractivity contribution in [3.05, 3.63) is 29.3 Å². The number of primary sulfonamides is 1. The van der Waals surface area contributed by atoms with E-state index in [0.717, 1.165) is 12.0 Å². The monoisotopic (exact) mass is 273 g/mol. The predicted molar refractivity (Wildman–Crippen MR) is 63.3 cm³/mol. The van der Waals surface area contributed by atoms with Crippen molar-refractivity contribution in [2.24, 2.45) is 5.14 Å². The maximum atomic E-state index is 11.6. The average Bonchev–Trinajstić information content (AvgIpc) is 2.87. The van der Waals surface area contributed by atoms with E-state index in [9.17, 15) is 8.42 Å². The summed E-state index contributed by atoms with van der Waals surface area (Å²) < 4.78 is 34.4. The van der Waals surface area contributed by atoms with E-state index in [0.29, 0.717) is 25.2 Å². The highest BCUT2D eigenvalue weighted by Gasteiger charge is 2.47. The van der Waals surface area contributed by atoms with Crippen LogP contribution >= 0.6 is 0 Å². The Hall–Kier alpha value is -0.990. The van der Waals surface area contributed by atoms with Gasteiger partial charge < -0.3 is 14.9 Å². The molecule has 0 aromatic heterocycles. The van der Waals surface area contributed by atoms with E-state index in [1.807, 2.05) is 6.07 Å². The zero-order valence-corrected chi connectivity index (χ0v) is 10.5. The zero-order valence-electron chi connectivity index (χ0n) is 9.68. The highest BCUT2D eigenvalue weighted by molar-refractivity contribution is 7.89. The van der Waals surface area contributed by atoms with E-state index in [-0.39, 0.29) is 10.4 Å². The lowest BCUT2D eigenvalue weighted by Gasteiger charge is -2.24. The molecule has 4 N–H and O–H groups in total. The van der Waals surface area contributed by atoms with E-state index < -0.39 is 15.8 Å². The molecule has 1 aromatic rings. The summed E-state index contributed by atoms with van der Waals surface area (Å²) in [5.74, 6) is -0.891. The van der Waals surface area contributed by atoms with Crippen LogP contribution < -0.4 is 5.14 Å². The van der Waals surface area contributed by atoms with Crippen LogP contribution in [0.5, 0.6) is 0 Å². The molecule has 2 aliphatic rings. The Bertz CT molecular complexity index is 563. The molecule has 0 radical (unpaired) electrons. The van der Waals surface area contributed by atoms with Crippen molar-refractivity contribution >= 4 is 10.0 Å². The summed E-state index contributed by atoms with van der Waals surface area (Å²) in [6.45, 7) is 0.969. The molecule has 18 heavy (non-hydrogen) atoms.